The fourth-order valence-electron chi connectivity index (χ4n) is 2.32. The Labute approximate surface area is 149 Å². The maximum Gasteiger partial charge on any atom is 0.439 e. The number of aromatic nitrogens is 1. The van der Waals surface area contributed by atoms with Gasteiger partial charge in [-0.15, -0.1) is 0 Å². The van der Waals surface area contributed by atoms with Crippen molar-refractivity contribution in [2.24, 2.45) is 0 Å². The molecular weight excluding hydrogens is 365 g/mol. The van der Waals surface area contributed by atoms with Crippen LogP contribution in [0.3, 0.4) is 0 Å². The molecule has 0 spiro atoms. The molecule has 126 valence electrons. The largest absolute Gasteiger partial charge is 0.439 e. The van der Waals surface area contributed by atoms with Crippen LogP contribution in [0.4, 0.5) is 0 Å². The minimum absolute atomic E-state index is 0.415. The van der Waals surface area contributed by atoms with Gasteiger partial charge in [0.15, 0.2) is 0 Å². The van der Waals surface area contributed by atoms with Gasteiger partial charge in [0.25, 0.3) is 0 Å². The first-order valence-electron chi connectivity index (χ1n) is 7.53. The number of fused-ring (bicyclic) bond motifs is 2. The number of rotatable bonds is 6. The molecule has 4 nitrogen and oxygen atoms in total. The fourth-order valence-corrected chi connectivity index (χ4v) is 5.54. The zero-order valence-corrected chi connectivity index (χ0v) is 15.8. The lowest BCUT2D eigenvalue weighted by Crippen LogP contribution is -1.94. The highest BCUT2D eigenvalue weighted by molar-refractivity contribution is 8.55. The van der Waals surface area contributed by atoms with Gasteiger partial charge in [0.1, 0.15) is 5.75 Å². The summed E-state index contributed by atoms with van der Waals surface area (Å²) in [6.07, 6.45) is 0.885. The molecule has 0 fully saturated rings. The first-order valence-corrected chi connectivity index (χ1v) is 11.0. The molecule has 7 heteroatoms. The third-order valence-electron chi connectivity index (χ3n) is 3.44. The van der Waals surface area contributed by atoms with E-state index < -0.39 is 6.80 Å². The lowest BCUT2D eigenvalue weighted by Gasteiger charge is -2.16. The van der Waals surface area contributed by atoms with E-state index in [2.05, 4.69) is 4.98 Å². The van der Waals surface area contributed by atoms with Crippen LogP contribution in [-0.4, -0.2) is 17.8 Å². The molecule has 24 heavy (non-hydrogen) atoms. The van der Waals surface area contributed by atoms with Crippen molar-refractivity contribution in [3.8, 4) is 5.75 Å². The summed E-state index contributed by atoms with van der Waals surface area (Å²) in [7, 11) is 1.39. The Bertz CT molecular complexity index is 934. The highest BCUT2D eigenvalue weighted by Gasteiger charge is 2.25. The van der Waals surface area contributed by atoms with E-state index in [1.165, 1.54) is 18.5 Å². The van der Waals surface area contributed by atoms with Crippen molar-refractivity contribution in [2.45, 2.75) is 13.3 Å². The second kappa shape index (κ2) is 7.32. The zero-order valence-electron chi connectivity index (χ0n) is 13.4. The second-order valence-corrected chi connectivity index (χ2v) is 9.84. The summed E-state index contributed by atoms with van der Waals surface area (Å²) in [5, 5.41) is 2.30. The quantitative estimate of drug-likeness (QED) is 0.369. The molecule has 3 aromatic rings. The van der Waals surface area contributed by atoms with Crippen LogP contribution in [0.2, 0.25) is 5.02 Å². The first kappa shape index (κ1) is 17.6. The Morgan fingerprint density at radius 2 is 2.00 bits per heavy atom. The molecule has 3 rings (SSSR count). The molecule has 1 unspecified atom stereocenters. The van der Waals surface area contributed by atoms with Gasteiger partial charge in [-0.2, -0.15) is 0 Å². The minimum Gasteiger partial charge on any atom is -0.417 e. The van der Waals surface area contributed by atoms with Gasteiger partial charge >= 0.3 is 6.80 Å². The summed E-state index contributed by atoms with van der Waals surface area (Å²) in [6.45, 7) is -1.24. The standard InChI is InChI=1S/C17H17ClNO3PS/c1-3-8-24-23(20,21-2)22-14-10-13-9-12-6-4-5-7-16(12)19-17(13)15(18)11-14/h4-7,9-11H,3,8H2,1-2H3. The van der Waals surface area contributed by atoms with Crippen LogP contribution < -0.4 is 4.52 Å². The molecular formula is C17H17ClNO3PS. The minimum atomic E-state index is -3.25. The molecule has 0 aliphatic carbocycles. The van der Waals surface area contributed by atoms with Crippen molar-refractivity contribution in [3.05, 3.63) is 47.5 Å². The summed E-state index contributed by atoms with van der Waals surface area (Å²) in [6, 6.07) is 13.2. The molecule has 2 aromatic carbocycles. The Morgan fingerprint density at radius 1 is 1.21 bits per heavy atom. The molecule has 1 atom stereocenters. The van der Waals surface area contributed by atoms with Crippen LogP contribution in [0.1, 0.15) is 13.3 Å². The topological polar surface area (TPSA) is 48.4 Å². The maximum absolute atomic E-state index is 12.6. The van der Waals surface area contributed by atoms with E-state index in [1.54, 1.807) is 12.1 Å². The van der Waals surface area contributed by atoms with Gasteiger partial charge < -0.3 is 4.52 Å². The predicted molar refractivity (Wildman–Crippen MR) is 102 cm³/mol. The van der Waals surface area contributed by atoms with Gasteiger partial charge in [0.05, 0.1) is 16.1 Å². The first-order chi connectivity index (χ1) is 11.5. The highest BCUT2D eigenvalue weighted by atomic mass is 35.5. The van der Waals surface area contributed by atoms with Gasteiger partial charge in [-0.1, -0.05) is 36.7 Å². The van der Waals surface area contributed by atoms with Crippen LogP contribution in [0, 0.1) is 0 Å². The zero-order chi connectivity index (χ0) is 17.2. The third-order valence-corrected chi connectivity index (χ3v) is 7.68. The molecule has 0 bridgehead atoms. The van der Waals surface area contributed by atoms with Crippen LogP contribution in [0.25, 0.3) is 21.8 Å². The number of hydrogen-bond acceptors (Lipinski definition) is 5. The molecule has 0 N–H and O–H groups in total. The van der Waals surface area contributed by atoms with Gasteiger partial charge in [0.2, 0.25) is 0 Å². The summed E-state index contributed by atoms with van der Waals surface area (Å²) >= 11 is 7.54. The van der Waals surface area contributed by atoms with Crippen molar-refractivity contribution in [1.82, 2.24) is 4.98 Å². The van der Waals surface area contributed by atoms with Crippen molar-refractivity contribution in [1.29, 1.82) is 0 Å². The van der Waals surface area contributed by atoms with E-state index in [-0.39, 0.29) is 0 Å². The number of benzene rings is 2. The monoisotopic (exact) mass is 381 g/mol. The SMILES string of the molecule is CCCSP(=O)(OC)Oc1cc(Cl)c2nc3ccccc3cc2c1. The van der Waals surface area contributed by atoms with E-state index in [0.717, 1.165) is 22.7 Å². The third kappa shape index (κ3) is 3.70. The Kier molecular flexibility index (Phi) is 5.36. The van der Waals surface area contributed by atoms with Crippen molar-refractivity contribution < 1.29 is 13.6 Å². The maximum atomic E-state index is 12.6. The number of nitrogens with zero attached hydrogens (tertiary/aromatic N) is 1. The van der Waals surface area contributed by atoms with Crippen molar-refractivity contribution in [2.75, 3.05) is 12.9 Å². The fraction of sp³-hybridized carbons (Fsp3) is 0.235. The van der Waals surface area contributed by atoms with Gasteiger partial charge in [0, 0.05) is 29.7 Å². The van der Waals surface area contributed by atoms with Crippen LogP contribution in [0.5, 0.6) is 5.75 Å². The summed E-state index contributed by atoms with van der Waals surface area (Å²) in [5.41, 5.74) is 1.57. The molecule has 0 saturated carbocycles. The van der Waals surface area contributed by atoms with E-state index >= 15 is 0 Å². The van der Waals surface area contributed by atoms with Crippen LogP contribution in [0.15, 0.2) is 42.5 Å². The van der Waals surface area contributed by atoms with Gasteiger partial charge in [-0.05, 0) is 36.0 Å². The lowest BCUT2D eigenvalue weighted by molar-refractivity contribution is 0.342. The molecule has 0 amide bonds. The number of halogens is 1. The highest BCUT2D eigenvalue weighted by Crippen LogP contribution is 2.59. The predicted octanol–water partition coefficient (Wildman–Crippen LogP) is 6.32. The normalized spacial score (nSPS) is 14.0. The second-order valence-electron chi connectivity index (χ2n) is 5.21. The van der Waals surface area contributed by atoms with Crippen molar-refractivity contribution in [3.63, 3.8) is 0 Å². The molecule has 1 aromatic heterocycles. The van der Waals surface area contributed by atoms with Gasteiger partial charge in [-0.25, -0.2) is 9.55 Å². The number of para-hydroxylation sites is 1. The van der Waals surface area contributed by atoms with Crippen LogP contribution >= 0.6 is 29.8 Å². The van der Waals surface area contributed by atoms with E-state index in [9.17, 15) is 4.57 Å². The lowest BCUT2D eigenvalue weighted by atomic mass is 10.1. The molecule has 0 saturated heterocycles. The molecule has 0 aliphatic heterocycles. The Balaban J connectivity index is 2.03. The number of pyridine rings is 1. The summed E-state index contributed by atoms with van der Waals surface area (Å²) in [4.78, 5) is 4.59. The average Bonchev–Trinajstić information content (AvgIpc) is 2.58. The van der Waals surface area contributed by atoms with Crippen LogP contribution in [-0.2, 0) is 9.09 Å². The summed E-state index contributed by atoms with van der Waals surface area (Å²) in [5.74, 6) is 1.11. The van der Waals surface area contributed by atoms with E-state index in [1.807, 2.05) is 37.3 Å². The van der Waals surface area contributed by atoms with Crippen molar-refractivity contribution >= 4 is 51.6 Å². The molecule has 0 radical (unpaired) electrons. The number of hydrogen-bond donors (Lipinski definition) is 0. The van der Waals surface area contributed by atoms with E-state index in [0.29, 0.717) is 22.0 Å². The molecule has 0 aliphatic rings. The Morgan fingerprint density at radius 3 is 2.75 bits per heavy atom. The summed E-state index contributed by atoms with van der Waals surface area (Å²) < 4.78 is 23.4. The van der Waals surface area contributed by atoms with Gasteiger partial charge in [-0.3, -0.25) is 4.52 Å². The Hall–Kier alpha value is -1.26. The average molecular weight is 382 g/mol. The molecule has 1 heterocycles. The smallest absolute Gasteiger partial charge is 0.417 e. The van der Waals surface area contributed by atoms with E-state index in [4.69, 9.17) is 20.6 Å².